The molecule has 0 fully saturated rings. The molecule has 1 nitrogen and oxygen atoms in total. The standard InChI is InChI=1S/C16H25BrFN/c1-5-6-19-12(2)10-16(3,4)11-13-7-14(17)9-15(18)8-13/h7-9,12,19H,5-6,10-11H2,1-4H3. The summed E-state index contributed by atoms with van der Waals surface area (Å²) >= 11 is 3.35. The zero-order chi connectivity index (χ0) is 14.5. The maximum absolute atomic E-state index is 13.4. The maximum Gasteiger partial charge on any atom is 0.124 e. The molecule has 0 radical (unpaired) electrons. The van der Waals surface area contributed by atoms with Crippen molar-refractivity contribution in [1.29, 1.82) is 0 Å². The summed E-state index contributed by atoms with van der Waals surface area (Å²) in [4.78, 5) is 0. The summed E-state index contributed by atoms with van der Waals surface area (Å²) in [5, 5.41) is 3.51. The Labute approximate surface area is 125 Å². The van der Waals surface area contributed by atoms with Gasteiger partial charge in [0.25, 0.3) is 0 Å². The van der Waals surface area contributed by atoms with E-state index >= 15 is 0 Å². The zero-order valence-corrected chi connectivity index (χ0v) is 14.0. The topological polar surface area (TPSA) is 12.0 Å². The molecule has 1 N–H and O–H groups in total. The number of hydrogen-bond acceptors (Lipinski definition) is 1. The van der Waals surface area contributed by atoms with E-state index in [4.69, 9.17) is 0 Å². The lowest BCUT2D eigenvalue weighted by Gasteiger charge is -2.29. The van der Waals surface area contributed by atoms with Gasteiger partial charge in [-0.2, -0.15) is 0 Å². The average Bonchev–Trinajstić information content (AvgIpc) is 2.23. The first-order chi connectivity index (χ1) is 8.82. The van der Waals surface area contributed by atoms with Crippen molar-refractivity contribution in [2.24, 2.45) is 5.41 Å². The highest BCUT2D eigenvalue weighted by atomic mass is 79.9. The normalized spacial score (nSPS) is 13.6. The van der Waals surface area contributed by atoms with Gasteiger partial charge in [0.05, 0.1) is 0 Å². The zero-order valence-electron chi connectivity index (χ0n) is 12.4. The van der Waals surface area contributed by atoms with Crippen molar-refractivity contribution in [2.75, 3.05) is 6.54 Å². The molecule has 1 aromatic rings. The molecule has 19 heavy (non-hydrogen) atoms. The molecule has 3 heteroatoms. The Hall–Kier alpha value is -0.410. The minimum absolute atomic E-state index is 0.160. The van der Waals surface area contributed by atoms with Crippen LogP contribution in [0.25, 0.3) is 0 Å². The number of hydrogen-bond donors (Lipinski definition) is 1. The molecule has 0 saturated heterocycles. The highest BCUT2D eigenvalue weighted by molar-refractivity contribution is 9.10. The third-order valence-electron chi connectivity index (χ3n) is 3.21. The van der Waals surface area contributed by atoms with Gasteiger partial charge in [-0.05, 0) is 61.9 Å². The summed E-state index contributed by atoms with van der Waals surface area (Å²) in [7, 11) is 0. The van der Waals surface area contributed by atoms with Gasteiger partial charge in [0.15, 0.2) is 0 Å². The van der Waals surface area contributed by atoms with Crippen LogP contribution in [0.3, 0.4) is 0 Å². The van der Waals surface area contributed by atoms with Crippen molar-refractivity contribution in [2.45, 2.75) is 53.0 Å². The molecule has 0 saturated carbocycles. The van der Waals surface area contributed by atoms with E-state index < -0.39 is 0 Å². The Balaban J connectivity index is 2.62. The molecule has 1 unspecified atom stereocenters. The van der Waals surface area contributed by atoms with E-state index in [1.807, 2.05) is 6.07 Å². The van der Waals surface area contributed by atoms with Crippen LogP contribution in [0, 0.1) is 11.2 Å². The summed E-state index contributed by atoms with van der Waals surface area (Å²) in [6.45, 7) is 9.95. The molecule has 0 amide bonds. The second-order valence-corrected chi connectivity index (χ2v) is 7.09. The molecule has 0 heterocycles. The molecule has 1 atom stereocenters. The Bertz CT molecular complexity index is 383. The molecule has 0 aliphatic carbocycles. The van der Waals surface area contributed by atoms with E-state index in [1.165, 1.54) is 6.07 Å². The molecular formula is C16H25BrFN. The second kappa shape index (κ2) is 7.39. The van der Waals surface area contributed by atoms with Crippen LogP contribution in [0.2, 0.25) is 0 Å². The van der Waals surface area contributed by atoms with Gasteiger partial charge in [-0.1, -0.05) is 36.7 Å². The first-order valence-corrected chi connectivity index (χ1v) is 7.80. The minimum Gasteiger partial charge on any atom is -0.314 e. The van der Waals surface area contributed by atoms with E-state index in [1.54, 1.807) is 6.07 Å². The van der Waals surface area contributed by atoms with Crippen LogP contribution in [0.1, 0.15) is 46.1 Å². The van der Waals surface area contributed by atoms with Gasteiger partial charge >= 0.3 is 0 Å². The molecule has 0 aliphatic rings. The van der Waals surface area contributed by atoms with Gasteiger partial charge in [-0.3, -0.25) is 0 Å². The highest BCUT2D eigenvalue weighted by Gasteiger charge is 2.21. The largest absolute Gasteiger partial charge is 0.314 e. The fraction of sp³-hybridized carbons (Fsp3) is 0.625. The van der Waals surface area contributed by atoms with E-state index in [0.717, 1.165) is 35.8 Å². The van der Waals surface area contributed by atoms with E-state index in [2.05, 4.69) is 48.9 Å². The summed E-state index contributed by atoms with van der Waals surface area (Å²) in [5.74, 6) is -0.169. The molecule has 1 rings (SSSR count). The number of halogens is 2. The molecule has 0 bridgehead atoms. The third-order valence-corrected chi connectivity index (χ3v) is 3.66. The summed E-state index contributed by atoms with van der Waals surface area (Å²) in [5.41, 5.74) is 1.22. The van der Waals surface area contributed by atoms with Gasteiger partial charge in [0.1, 0.15) is 5.82 Å². The smallest absolute Gasteiger partial charge is 0.124 e. The van der Waals surface area contributed by atoms with E-state index in [0.29, 0.717) is 6.04 Å². The second-order valence-electron chi connectivity index (χ2n) is 6.18. The molecule has 108 valence electrons. The van der Waals surface area contributed by atoms with Crippen LogP contribution >= 0.6 is 15.9 Å². The Morgan fingerprint density at radius 2 is 2.00 bits per heavy atom. The minimum atomic E-state index is -0.169. The van der Waals surface area contributed by atoms with Crippen LogP contribution in [-0.2, 0) is 6.42 Å². The summed E-state index contributed by atoms with van der Waals surface area (Å²) < 4.78 is 14.2. The lowest BCUT2D eigenvalue weighted by molar-refractivity contribution is 0.287. The van der Waals surface area contributed by atoms with E-state index in [9.17, 15) is 4.39 Å². The Kier molecular flexibility index (Phi) is 6.48. The van der Waals surface area contributed by atoms with Gasteiger partial charge in [-0.15, -0.1) is 0 Å². The number of benzene rings is 1. The van der Waals surface area contributed by atoms with Crippen LogP contribution in [0.4, 0.5) is 4.39 Å². The van der Waals surface area contributed by atoms with Crippen molar-refractivity contribution in [3.63, 3.8) is 0 Å². The van der Waals surface area contributed by atoms with Crippen LogP contribution in [-0.4, -0.2) is 12.6 Å². The van der Waals surface area contributed by atoms with Crippen LogP contribution < -0.4 is 5.32 Å². The molecule has 0 spiro atoms. The van der Waals surface area contributed by atoms with Gasteiger partial charge < -0.3 is 5.32 Å². The van der Waals surface area contributed by atoms with Crippen molar-refractivity contribution in [3.8, 4) is 0 Å². The fourth-order valence-electron chi connectivity index (χ4n) is 2.63. The number of nitrogens with one attached hydrogen (secondary N) is 1. The molecule has 1 aromatic carbocycles. The predicted molar refractivity (Wildman–Crippen MR) is 84.0 cm³/mol. The SMILES string of the molecule is CCCNC(C)CC(C)(C)Cc1cc(F)cc(Br)c1. The van der Waals surface area contributed by atoms with Gasteiger partial charge in [0.2, 0.25) is 0 Å². The summed E-state index contributed by atoms with van der Waals surface area (Å²) in [6.07, 6.45) is 3.13. The fourth-order valence-corrected chi connectivity index (χ4v) is 3.14. The predicted octanol–water partition coefficient (Wildman–Crippen LogP) is 4.94. The molecule has 0 aromatic heterocycles. The van der Waals surface area contributed by atoms with Crippen LogP contribution in [0.5, 0.6) is 0 Å². The molecule has 0 aliphatic heterocycles. The van der Waals surface area contributed by atoms with Crippen molar-refractivity contribution < 1.29 is 4.39 Å². The lowest BCUT2D eigenvalue weighted by Crippen LogP contribution is -2.32. The Morgan fingerprint density at radius 1 is 1.32 bits per heavy atom. The van der Waals surface area contributed by atoms with Gasteiger partial charge in [-0.25, -0.2) is 4.39 Å². The van der Waals surface area contributed by atoms with Crippen molar-refractivity contribution in [3.05, 3.63) is 34.1 Å². The summed E-state index contributed by atoms with van der Waals surface area (Å²) in [6, 6.07) is 5.64. The van der Waals surface area contributed by atoms with E-state index in [-0.39, 0.29) is 11.2 Å². The van der Waals surface area contributed by atoms with Gasteiger partial charge in [0, 0.05) is 10.5 Å². The highest BCUT2D eigenvalue weighted by Crippen LogP contribution is 2.29. The lowest BCUT2D eigenvalue weighted by atomic mass is 9.80. The first kappa shape index (κ1) is 16.6. The maximum atomic E-state index is 13.4. The molecular weight excluding hydrogens is 305 g/mol. The van der Waals surface area contributed by atoms with Crippen molar-refractivity contribution in [1.82, 2.24) is 5.32 Å². The quantitative estimate of drug-likeness (QED) is 0.747. The first-order valence-electron chi connectivity index (χ1n) is 7.01. The third kappa shape index (κ3) is 6.53. The Morgan fingerprint density at radius 3 is 2.58 bits per heavy atom. The van der Waals surface area contributed by atoms with Crippen molar-refractivity contribution >= 4 is 15.9 Å². The monoisotopic (exact) mass is 329 g/mol. The average molecular weight is 330 g/mol. The number of rotatable bonds is 7. The van der Waals surface area contributed by atoms with Crippen LogP contribution in [0.15, 0.2) is 22.7 Å².